The molecule has 0 unspecified atom stereocenters. The van der Waals surface area contributed by atoms with Gasteiger partial charge in [0, 0.05) is 12.6 Å². The Morgan fingerprint density at radius 2 is 1.71 bits per heavy atom. The first-order valence-electron chi connectivity index (χ1n) is 5.81. The lowest BCUT2D eigenvalue weighted by molar-refractivity contribution is 0.0230. The molecule has 0 aliphatic heterocycles. The molecule has 0 saturated heterocycles. The first-order chi connectivity index (χ1) is 6.38. The molecule has 2 heteroatoms. The van der Waals surface area contributed by atoms with Crippen LogP contribution in [0.2, 0.25) is 0 Å². The quantitative estimate of drug-likeness (QED) is 0.753. The summed E-state index contributed by atoms with van der Waals surface area (Å²) in [5, 5.41) is 9.73. The minimum atomic E-state index is -0.558. The van der Waals surface area contributed by atoms with Crippen LogP contribution in [0.15, 0.2) is 0 Å². The van der Waals surface area contributed by atoms with Crippen LogP contribution in [-0.2, 0) is 0 Å². The van der Waals surface area contributed by atoms with Crippen LogP contribution in [0, 0.1) is 5.92 Å². The van der Waals surface area contributed by atoms with Crippen molar-refractivity contribution in [3.05, 3.63) is 0 Å². The van der Waals surface area contributed by atoms with E-state index in [9.17, 15) is 5.11 Å². The molecule has 0 bridgehead atoms. The number of aliphatic hydroxyl groups is 1. The largest absolute Gasteiger partial charge is 0.389 e. The van der Waals surface area contributed by atoms with Crippen LogP contribution in [0.5, 0.6) is 0 Å². The molecule has 1 aliphatic rings. The average molecular weight is 199 g/mol. The summed E-state index contributed by atoms with van der Waals surface area (Å²) in [7, 11) is 2.14. The van der Waals surface area contributed by atoms with Crippen LogP contribution < -0.4 is 0 Å². The lowest BCUT2D eigenvalue weighted by Crippen LogP contribution is -2.43. The number of nitrogens with zero attached hydrogens (tertiary/aromatic N) is 1. The van der Waals surface area contributed by atoms with Crippen LogP contribution in [0.3, 0.4) is 0 Å². The van der Waals surface area contributed by atoms with Crippen molar-refractivity contribution in [1.29, 1.82) is 0 Å². The van der Waals surface area contributed by atoms with Gasteiger partial charge in [0.1, 0.15) is 0 Å². The van der Waals surface area contributed by atoms with Crippen molar-refractivity contribution in [2.75, 3.05) is 13.6 Å². The zero-order valence-corrected chi connectivity index (χ0v) is 10.1. The average Bonchev–Trinajstić information content (AvgIpc) is 2.02. The van der Waals surface area contributed by atoms with Gasteiger partial charge in [0.25, 0.3) is 0 Å². The van der Waals surface area contributed by atoms with Crippen LogP contribution in [0.25, 0.3) is 0 Å². The smallest absolute Gasteiger partial charge is 0.0718 e. The molecule has 0 aromatic heterocycles. The SMILES string of the molecule is CC1CCC(N(C)CC(C)(C)O)CC1. The highest BCUT2D eigenvalue weighted by atomic mass is 16.3. The fraction of sp³-hybridized carbons (Fsp3) is 1.00. The first-order valence-corrected chi connectivity index (χ1v) is 5.81. The number of likely N-dealkylation sites (N-methyl/N-ethyl adjacent to an activating group) is 1. The van der Waals surface area contributed by atoms with Crippen molar-refractivity contribution in [2.45, 2.75) is 58.1 Å². The van der Waals surface area contributed by atoms with E-state index in [1.165, 1.54) is 25.7 Å². The first kappa shape index (κ1) is 12.0. The zero-order valence-electron chi connectivity index (χ0n) is 10.1. The lowest BCUT2D eigenvalue weighted by atomic mass is 9.86. The minimum absolute atomic E-state index is 0.558. The Morgan fingerprint density at radius 3 is 2.14 bits per heavy atom. The maximum absolute atomic E-state index is 9.73. The van der Waals surface area contributed by atoms with E-state index in [4.69, 9.17) is 0 Å². The molecule has 0 heterocycles. The molecule has 1 aliphatic carbocycles. The minimum Gasteiger partial charge on any atom is -0.389 e. The van der Waals surface area contributed by atoms with Crippen LogP contribution in [0.1, 0.15) is 46.5 Å². The Labute approximate surface area is 88.3 Å². The Hall–Kier alpha value is -0.0800. The summed E-state index contributed by atoms with van der Waals surface area (Å²) >= 11 is 0. The second kappa shape index (κ2) is 4.63. The monoisotopic (exact) mass is 199 g/mol. The molecule has 2 nitrogen and oxygen atoms in total. The normalized spacial score (nSPS) is 29.6. The third-order valence-corrected chi connectivity index (χ3v) is 3.25. The molecule has 84 valence electrons. The number of rotatable bonds is 3. The number of hydrogen-bond acceptors (Lipinski definition) is 2. The Morgan fingerprint density at radius 1 is 1.21 bits per heavy atom. The van der Waals surface area contributed by atoms with Crippen molar-refractivity contribution in [1.82, 2.24) is 4.90 Å². The van der Waals surface area contributed by atoms with Gasteiger partial charge in [-0.2, -0.15) is 0 Å². The van der Waals surface area contributed by atoms with Gasteiger partial charge >= 0.3 is 0 Å². The summed E-state index contributed by atoms with van der Waals surface area (Å²) in [4.78, 5) is 2.33. The zero-order chi connectivity index (χ0) is 10.8. The van der Waals surface area contributed by atoms with Gasteiger partial charge in [0.15, 0.2) is 0 Å². The van der Waals surface area contributed by atoms with Crippen LogP contribution in [-0.4, -0.2) is 35.2 Å². The second-order valence-corrected chi connectivity index (χ2v) is 5.64. The highest BCUT2D eigenvalue weighted by molar-refractivity contribution is 4.80. The molecule has 0 radical (unpaired) electrons. The van der Waals surface area contributed by atoms with E-state index in [2.05, 4.69) is 18.9 Å². The molecule has 0 atom stereocenters. The van der Waals surface area contributed by atoms with Crippen molar-refractivity contribution in [3.63, 3.8) is 0 Å². The van der Waals surface area contributed by atoms with E-state index in [0.717, 1.165) is 12.5 Å². The van der Waals surface area contributed by atoms with Crippen molar-refractivity contribution < 1.29 is 5.11 Å². The predicted molar refractivity (Wildman–Crippen MR) is 60.3 cm³/mol. The third kappa shape index (κ3) is 3.97. The Bertz CT molecular complexity index is 166. The fourth-order valence-corrected chi connectivity index (χ4v) is 2.42. The second-order valence-electron chi connectivity index (χ2n) is 5.64. The van der Waals surface area contributed by atoms with Gasteiger partial charge in [0.05, 0.1) is 5.60 Å². The maximum Gasteiger partial charge on any atom is 0.0718 e. The van der Waals surface area contributed by atoms with Crippen LogP contribution in [0.4, 0.5) is 0 Å². The molecule has 1 N–H and O–H groups in total. The summed E-state index contributed by atoms with van der Waals surface area (Å²) in [5.74, 6) is 0.904. The summed E-state index contributed by atoms with van der Waals surface area (Å²) < 4.78 is 0. The lowest BCUT2D eigenvalue weighted by Gasteiger charge is -2.36. The summed E-state index contributed by atoms with van der Waals surface area (Å²) in [5.41, 5.74) is -0.558. The third-order valence-electron chi connectivity index (χ3n) is 3.25. The topological polar surface area (TPSA) is 23.5 Å². The molecule has 0 aromatic carbocycles. The van der Waals surface area contributed by atoms with E-state index >= 15 is 0 Å². The van der Waals surface area contributed by atoms with Gasteiger partial charge in [-0.25, -0.2) is 0 Å². The van der Waals surface area contributed by atoms with Gasteiger partial charge in [-0.15, -0.1) is 0 Å². The Kier molecular flexibility index (Phi) is 3.96. The molecular weight excluding hydrogens is 174 g/mol. The highest BCUT2D eigenvalue weighted by Gasteiger charge is 2.25. The summed E-state index contributed by atoms with van der Waals surface area (Å²) in [6.45, 7) is 6.89. The maximum atomic E-state index is 9.73. The van der Waals surface area contributed by atoms with E-state index in [-0.39, 0.29) is 0 Å². The standard InChI is InChI=1S/C12H25NO/c1-10-5-7-11(8-6-10)13(4)9-12(2,3)14/h10-11,14H,5-9H2,1-4H3. The van der Waals surface area contributed by atoms with Gasteiger partial charge in [-0.3, -0.25) is 0 Å². The van der Waals surface area contributed by atoms with Crippen molar-refractivity contribution >= 4 is 0 Å². The van der Waals surface area contributed by atoms with E-state index < -0.39 is 5.60 Å². The van der Waals surface area contributed by atoms with E-state index in [1.54, 1.807) is 0 Å². The van der Waals surface area contributed by atoms with Crippen LogP contribution >= 0.6 is 0 Å². The van der Waals surface area contributed by atoms with E-state index in [1.807, 2.05) is 13.8 Å². The van der Waals surface area contributed by atoms with Gasteiger partial charge < -0.3 is 10.0 Å². The van der Waals surface area contributed by atoms with Crippen molar-refractivity contribution in [3.8, 4) is 0 Å². The highest BCUT2D eigenvalue weighted by Crippen LogP contribution is 2.26. The molecule has 0 amide bonds. The molecule has 0 spiro atoms. The van der Waals surface area contributed by atoms with Gasteiger partial charge in [-0.05, 0) is 52.5 Å². The van der Waals surface area contributed by atoms with E-state index in [0.29, 0.717) is 6.04 Å². The summed E-state index contributed by atoms with van der Waals surface area (Å²) in [6, 6.07) is 0.692. The predicted octanol–water partition coefficient (Wildman–Crippen LogP) is 2.27. The van der Waals surface area contributed by atoms with Crippen molar-refractivity contribution in [2.24, 2.45) is 5.92 Å². The molecule has 1 fully saturated rings. The molecular formula is C12H25NO. The molecule has 1 saturated carbocycles. The number of hydrogen-bond donors (Lipinski definition) is 1. The van der Waals surface area contributed by atoms with Gasteiger partial charge in [0.2, 0.25) is 0 Å². The Balaban J connectivity index is 2.34. The molecule has 0 aromatic rings. The summed E-state index contributed by atoms with van der Waals surface area (Å²) in [6.07, 6.45) is 5.29. The molecule has 1 rings (SSSR count). The van der Waals surface area contributed by atoms with Gasteiger partial charge in [-0.1, -0.05) is 6.92 Å². The molecule has 14 heavy (non-hydrogen) atoms. The fourth-order valence-electron chi connectivity index (χ4n) is 2.42.